The quantitative estimate of drug-likeness (QED) is 0.655. The topological polar surface area (TPSA) is 63.9 Å². The Kier molecular flexibility index (Phi) is 5.65. The zero-order valence-electron chi connectivity index (χ0n) is 15.9. The van der Waals surface area contributed by atoms with E-state index in [1.807, 2.05) is 43.2 Å². The summed E-state index contributed by atoms with van der Waals surface area (Å²) in [5, 5.41) is 7.74. The van der Waals surface area contributed by atoms with Crippen molar-refractivity contribution < 1.29 is 9.47 Å². The maximum absolute atomic E-state index is 5.37. The van der Waals surface area contributed by atoms with Gasteiger partial charge in [0.15, 0.2) is 17.5 Å². The monoisotopic (exact) mass is 357 g/mol. The number of methoxy groups -OCH3 is 2. The summed E-state index contributed by atoms with van der Waals surface area (Å²) in [5.74, 6) is 2.90. The van der Waals surface area contributed by atoms with Crippen LogP contribution in [0.3, 0.4) is 0 Å². The van der Waals surface area contributed by atoms with Gasteiger partial charge in [0.05, 0.1) is 20.4 Å². The molecule has 140 valence electrons. The molecule has 7 heteroatoms. The molecule has 1 fully saturated rings. The Morgan fingerprint density at radius 3 is 2.77 bits per heavy atom. The molecule has 1 atom stereocenters. The van der Waals surface area contributed by atoms with E-state index in [1.54, 1.807) is 14.2 Å². The van der Waals surface area contributed by atoms with Crippen LogP contribution in [0, 0.1) is 0 Å². The van der Waals surface area contributed by atoms with Crippen molar-refractivity contribution in [2.75, 3.05) is 34.4 Å². The minimum Gasteiger partial charge on any atom is -0.493 e. The molecule has 0 aliphatic carbocycles. The first-order valence-corrected chi connectivity index (χ1v) is 8.79. The van der Waals surface area contributed by atoms with Crippen LogP contribution in [0.5, 0.6) is 11.5 Å². The lowest BCUT2D eigenvalue weighted by Crippen LogP contribution is -2.39. The van der Waals surface area contributed by atoms with Gasteiger partial charge in [-0.1, -0.05) is 6.07 Å². The molecule has 1 aromatic carbocycles. The van der Waals surface area contributed by atoms with Crippen LogP contribution < -0.4 is 14.8 Å². The SMILES string of the molecule is CN=C(NCc1ccc(OC)c(OC)c1)N1CCC(c2cnn(C)c2)C1. The highest BCUT2D eigenvalue weighted by atomic mass is 16.5. The van der Waals surface area contributed by atoms with Crippen LogP contribution in [0.4, 0.5) is 0 Å². The van der Waals surface area contributed by atoms with Gasteiger partial charge in [-0.3, -0.25) is 9.67 Å². The number of aliphatic imine (C=N–C) groups is 1. The average Bonchev–Trinajstić information content (AvgIpc) is 3.31. The fourth-order valence-corrected chi connectivity index (χ4v) is 3.38. The number of rotatable bonds is 5. The van der Waals surface area contributed by atoms with E-state index in [4.69, 9.17) is 9.47 Å². The first kappa shape index (κ1) is 18.1. The number of aryl methyl sites for hydroxylation is 1. The molecule has 7 nitrogen and oxygen atoms in total. The first-order chi connectivity index (χ1) is 12.6. The molecule has 1 aliphatic heterocycles. The number of nitrogens with one attached hydrogen (secondary N) is 1. The predicted molar refractivity (Wildman–Crippen MR) is 102 cm³/mol. The molecular weight excluding hydrogens is 330 g/mol. The maximum Gasteiger partial charge on any atom is 0.193 e. The van der Waals surface area contributed by atoms with Crippen molar-refractivity contribution in [3.05, 3.63) is 41.7 Å². The first-order valence-electron chi connectivity index (χ1n) is 8.79. The van der Waals surface area contributed by atoms with Crippen molar-refractivity contribution in [2.24, 2.45) is 12.0 Å². The van der Waals surface area contributed by atoms with Gasteiger partial charge in [-0.25, -0.2) is 0 Å². The molecule has 0 spiro atoms. The van der Waals surface area contributed by atoms with Crippen LogP contribution in [0.15, 0.2) is 35.6 Å². The second-order valence-electron chi connectivity index (χ2n) is 6.47. The number of likely N-dealkylation sites (tertiary alicyclic amines) is 1. The number of hydrogen-bond donors (Lipinski definition) is 1. The Hall–Kier alpha value is -2.70. The van der Waals surface area contributed by atoms with Gasteiger partial charge in [0.2, 0.25) is 0 Å². The van der Waals surface area contributed by atoms with E-state index in [0.717, 1.165) is 42.5 Å². The summed E-state index contributed by atoms with van der Waals surface area (Å²) in [4.78, 5) is 6.75. The molecule has 0 radical (unpaired) electrons. The fraction of sp³-hybridized carbons (Fsp3) is 0.474. The van der Waals surface area contributed by atoms with E-state index in [1.165, 1.54) is 5.56 Å². The lowest BCUT2D eigenvalue weighted by molar-refractivity contribution is 0.354. The third kappa shape index (κ3) is 3.92. The zero-order valence-corrected chi connectivity index (χ0v) is 15.9. The van der Waals surface area contributed by atoms with Crippen LogP contribution >= 0.6 is 0 Å². The third-order valence-electron chi connectivity index (χ3n) is 4.79. The van der Waals surface area contributed by atoms with Crippen LogP contribution in [0.1, 0.15) is 23.5 Å². The van der Waals surface area contributed by atoms with E-state index in [-0.39, 0.29) is 0 Å². The van der Waals surface area contributed by atoms with E-state index < -0.39 is 0 Å². The molecule has 0 amide bonds. The van der Waals surface area contributed by atoms with Crippen molar-refractivity contribution in [2.45, 2.75) is 18.9 Å². The second kappa shape index (κ2) is 8.12. The summed E-state index contributed by atoms with van der Waals surface area (Å²) in [6.07, 6.45) is 5.19. The summed E-state index contributed by atoms with van der Waals surface area (Å²) in [5.41, 5.74) is 2.41. The molecule has 1 N–H and O–H groups in total. The largest absolute Gasteiger partial charge is 0.493 e. The zero-order chi connectivity index (χ0) is 18.5. The van der Waals surface area contributed by atoms with Crippen molar-refractivity contribution in [1.29, 1.82) is 0 Å². The maximum atomic E-state index is 5.37. The van der Waals surface area contributed by atoms with Gasteiger partial charge in [0.1, 0.15) is 0 Å². The van der Waals surface area contributed by atoms with Crippen LogP contribution in [0.2, 0.25) is 0 Å². The Bertz CT molecular complexity index is 771. The molecule has 1 aromatic heterocycles. The number of guanidine groups is 1. The Balaban J connectivity index is 1.60. The lowest BCUT2D eigenvalue weighted by Gasteiger charge is -2.22. The predicted octanol–water partition coefficient (Wildman–Crippen LogP) is 2.00. The Morgan fingerprint density at radius 1 is 1.31 bits per heavy atom. The number of aromatic nitrogens is 2. The van der Waals surface area contributed by atoms with Crippen LogP contribution in [-0.2, 0) is 13.6 Å². The molecule has 2 aromatic rings. The summed E-state index contributed by atoms with van der Waals surface area (Å²) < 4.78 is 12.5. The van der Waals surface area contributed by atoms with Gasteiger partial charge >= 0.3 is 0 Å². The minimum atomic E-state index is 0.503. The number of ether oxygens (including phenoxy) is 2. The van der Waals surface area contributed by atoms with Gasteiger partial charge in [-0.2, -0.15) is 5.10 Å². The molecule has 1 saturated heterocycles. The van der Waals surface area contributed by atoms with Crippen LogP contribution in [0.25, 0.3) is 0 Å². The summed E-state index contributed by atoms with van der Waals surface area (Å²) >= 11 is 0. The van der Waals surface area contributed by atoms with Crippen molar-refractivity contribution in [3.63, 3.8) is 0 Å². The highest BCUT2D eigenvalue weighted by Gasteiger charge is 2.26. The molecule has 2 heterocycles. The number of hydrogen-bond acceptors (Lipinski definition) is 4. The van der Waals surface area contributed by atoms with E-state index in [2.05, 4.69) is 26.5 Å². The third-order valence-corrected chi connectivity index (χ3v) is 4.79. The smallest absolute Gasteiger partial charge is 0.193 e. The van der Waals surface area contributed by atoms with Crippen molar-refractivity contribution in [3.8, 4) is 11.5 Å². The minimum absolute atomic E-state index is 0.503. The van der Waals surface area contributed by atoms with Gasteiger partial charge in [-0.05, 0) is 29.7 Å². The van der Waals surface area contributed by atoms with Crippen molar-refractivity contribution >= 4 is 5.96 Å². The number of nitrogens with zero attached hydrogens (tertiary/aromatic N) is 4. The van der Waals surface area contributed by atoms with E-state index in [0.29, 0.717) is 12.5 Å². The molecule has 3 rings (SSSR count). The summed E-state index contributed by atoms with van der Waals surface area (Å²) in [7, 11) is 7.08. The van der Waals surface area contributed by atoms with Gasteiger partial charge in [0, 0.05) is 45.8 Å². The standard InChI is InChI=1S/C19H27N5O2/c1-20-19(21-10-14-5-6-17(25-3)18(9-14)26-4)24-8-7-15(13-24)16-11-22-23(2)12-16/h5-6,9,11-12,15H,7-8,10,13H2,1-4H3,(H,20,21). The Morgan fingerprint density at radius 2 is 2.12 bits per heavy atom. The molecule has 26 heavy (non-hydrogen) atoms. The number of benzene rings is 1. The second-order valence-corrected chi connectivity index (χ2v) is 6.47. The average molecular weight is 357 g/mol. The lowest BCUT2D eigenvalue weighted by atomic mass is 10.0. The van der Waals surface area contributed by atoms with Gasteiger partial charge < -0.3 is 19.7 Å². The molecule has 0 saturated carbocycles. The van der Waals surface area contributed by atoms with Crippen LogP contribution in [-0.4, -0.2) is 55.0 Å². The fourth-order valence-electron chi connectivity index (χ4n) is 3.38. The summed E-state index contributed by atoms with van der Waals surface area (Å²) in [6.45, 7) is 2.63. The van der Waals surface area contributed by atoms with Gasteiger partial charge in [0.25, 0.3) is 0 Å². The molecular formula is C19H27N5O2. The van der Waals surface area contributed by atoms with E-state index >= 15 is 0 Å². The molecule has 1 unspecified atom stereocenters. The van der Waals surface area contributed by atoms with Gasteiger partial charge in [-0.15, -0.1) is 0 Å². The summed E-state index contributed by atoms with van der Waals surface area (Å²) in [6, 6.07) is 5.94. The van der Waals surface area contributed by atoms with E-state index in [9.17, 15) is 0 Å². The molecule has 0 bridgehead atoms. The molecule has 1 aliphatic rings. The Labute approximate surface area is 154 Å². The van der Waals surface area contributed by atoms with Crippen molar-refractivity contribution in [1.82, 2.24) is 20.0 Å². The highest BCUT2D eigenvalue weighted by molar-refractivity contribution is 5.80. The highest BCUT2D eigenvalue weighted by Crippen LogP contribution is 2.28. The normalized spacial score (nSPS) is 17.5.